The molecule has 0 amide bonds. The molecule has 5 aromatic carbocycles. The monoisotopic (exact) mass is 443 g/mol. The van der Waals surface area contributed by atoms with E-state index in [0.717, 1.165) is 38.9 Å². The summed E-state index contributed by atoms with van der Waals surface area (Å²) in [5, 5.41) is 23.0. The molecule has 0 saturated carbocycles. The van der Waals surface area contributed by atoms with Crippen LogP contribution in [0.4, 0.5) is 5.69 Å². The van der Waals surface area contributed by atoms with Crippen molar-refractivity contribution in [2.45, 2.75) is 0 Å². The fraction of sp³-hybridized carbons (Fsp3) is 0. The minimum Gasteiger partial charge on any atom is -0.507 e. The first-order chi connectivity index (χ1) is 16.6. The highest BCUT2D eigenvalue weighted by Crippen LogP contribution is 2.49. The Morgan fingerprint density at radius 2 is 0.912 bits per heavy atom. The van der Waals surface area contributed by atoms with E-state index in [0.29, 0.717) is 5.56 Å². The Balaban J connectivity index is 1.87. The molecule has 1 N–H and O–H groups in total. The molecule has 0 fully saturated rings. The van der Waals surface area contributed by atoms with Gasteiger partial charge in [-0.05, 0) is 51.6 Å². The van der Waals surface area contributed by atoms with Gasteiger partial charge in [-0.3, -0.25) is 10.1 Å². The molecule has 0 aromatic heterocycles. The van der Waals surface area contributed by atoms with Gasteiger partial charge in [-0.1, -0.05) is 91.0 Å². The van der Waals surface area contributed by atoms with E-state index in [-0.39, 0.29) is 11.4 Å². The molecule has 34 heavy (non-hydrogen) atoms. The molecular weight excluding hydrogens is 422 g/mol. The van der Waals surface area contributed by atoms with Crippen molar-refractivity contribution >= 4 is 5.69 Å². The number of rotatable bonds is 5. The predicted octanol–water partition coefficient (Wildman–Crippen LogP) is 7.97. The van der Waals surface area contributed by atoms with Gasteiger partial charge in [0.25, 0.3) is 5.69 Å². The summed E-state index contributed by atoms with van der Waals surface area (Å²) in [4.78, 5) is 10.8. The van der Waals surface area contributed by atoms with Gasteiger partial charge in [-0.25, -0.2) is 0 Å². The first-order valence-corrected chi connectivity index (χ1v) is 10.9. The summed E-state index contributed by atoms with van der Waals surface area (Å²) in [5.41, 5.74) is 6.68. The zero-order valence-electron chi connectivity index (χ0n) is 18.3. The summed E-state index contributed by atoms with van der Waals surface area (Å²) >= 11 is 0. The summed E-state index contributed by atoms with van der Waals surface area (Å²) in [5.74, 6) is 0.173. The number of hydrogen-bond donors (Lipinski definition) is 1. The summed E-state index contributed by atoms with van der Waals surface area (Å²) < 4.78 is 0. The van der Waals surface area contributed by atoms with Gasteiger partial charge in [0.05, 0.1) is 4.92 Å². The number of benzene rings is 5. The lowest BCUT2D eigenvalue weighted by molar-refractivity contribution is -0.384. The molecule has 0 bridgehead atoms. The van der Waals surface area contributed by atoms with Crippen LogP contribution in [0.1, 0.15) is 0 Å². The lowest BCUT2D eigenvalue weighted by Gasteiger charge is -2.20. The number of non-ortho nitro benzene ring substituents is 1. The second-order valence-electron chi connectivity index (χ2n) is 7.97. The average molecular weight is 444 g/mol. The quantitative estimate of drug-likeness (QED) is 0.221. The summed E-state index contributed by atoms with van der Waals surface area (Å²) in [6, 6.07) is 38.0. The predicted molar refractivity (Wildman–Crippen MR) is 137 cm³/mol. The van der Waals surface area contributed by atoms with E-state index in [1.54, 1.807) is 12.1 Å². The van der Waals surface area contributed by atoms with Crippen molar-refractivity contribution in [3.63, 3.8) is 0 Å². The normalized spacial score (nSPS) is 10.7. The highest BCUT2D eigenvalue weighted by Gasteiger charge is 2.22. The van der Waals surface area contributed by atoms with E-state index in [2.05, 4.69) is 6.07 Å². The molecule has 0 unspecified atom stereocenters. The molecule has 5 rings (SSSR count). The molecule has 164 valence electrons. The van der Waals surface area contributed by atoms with Gasteiger partial charge in [0.2, 0.25) is 0 Å². The van der Waals surface area contributed by atoms with Crippen LogP contribution in [0.2, 0.25) is 0 Å². The lowest BCUT2D eigenvalue weighted by atomic mass is 9.84. The van der Waals surface area contributed by atoms with Crippen molar-refractivity contribution in [2.24, 2.45) is 0 Å². The van der Waals surface area contributed by atoms with E-state index in [1.807, 2.05) is 91.0 Å². The molecule has 4 heteroatoms. The van der Waals surface area contributed by atoms with Gasteiger partial charge in [-0.15, -0.1) is 0 Å². The Labute approximate surface area is 197 Å². The molecule has 4 nitrogen and oxygen atoms in total. The number of nitro groups is 1. The molecule has 0 radical (unpaired) electrons. The molecular formula is C30H21NO3. The molecule has 0 spiro atoms. The lowest BCUT2D eigenvalue weighted by Crippen LogP contribution is -1.94. The maximum Gasteiger partial charge on any atom is 0.269 e. The average Bonchev–Trinajstić information content (AvgIpc) is 2.89. The first kappa shape index (κ1) is 21.2. The van der Waals surface area contributed by atoms with E-state index < -0.39 is 4.92 Å². The van der Waals surface area contributed by atoms with E-state index in [9.17, 15) is 15.2 Å². The topological polar surface area (TPSA) is 63.4 Å². The number of nitro benzene ring substituents is 1. The van der Waals surface area contributed by atoms with E-state index in [1.165, 1.54) is 12.1 Å². The fourth-order valence-electron chi connectivity index (χ4n) is 4.30. The smallest absolute Gasteiger partial charge is 0.269 e. The zero-order chi connectivity index (χ0) is 23.5. The van der Waals surface area contributed by atoms with Crippen molar-refractivity contribution in [2.75, 3.05) is 0 Å². The molecule has 0 aliphatic carbocycles. The number of hydrogen-bond acceptors (Lipinski definition) is 3. The van der Waals surface area contributed by atoms with Crippen molar-refractivity contribution < 1.29 is 10.0 Å². The highest BCUT2D eigenvalue weighted by molar-refractivity contribution is 6.00. The largest absolute Gasteiger partial charge is 0.507 e. The molecule has 0 atom stereocenters. The minimum absolute atomic E-state index is 0.0263. The summed E-state index contributed by atoms with van der Waals surface area (Å²) in [6.07, 6.45) is 0. The minimum atomic E-state index is -0.409. The standard InChI is InChI=1S/C30H21NO3/c32-30-28(23-12-6-2-7-13-23)26(21-10-4-1-5-11-21)20-27(29(30)24-14-8-3-9-15-24)22-16-18-25(19-17-22)31(33)34/h1-20,32H. The third-order valence-corrected chi connectivity index (χ3v) is 5.90. The third kappa shape index (κ3) is 3.93. The van der Waals surface area contributed by atoms with Crippen LogP contribution in [0.5, 0.6) is 5.75 Å². The van der Waals surface area contributed by atoms with Crippen molar-refractivity contribution in [3.8, 4) is 50.3 Å². The van der Waals surface area contributed by atoms with Crippen LogP contribution in [0, 0.1) is 10.1 Å². The zero-order valence-corrected chi connectivity index (χ0v) is 18.3. The van der Waals surface area contributed by atoms with Gasteiger partial charge in [0.15, 0.2) is 0 Å². The Hall–Kier alpha value is -4.70. The third-order valence-electron chi connectivity index (χ3n) is 5.90. The number of phenolic OH excluding ortho intramolecular Hbond substituents is 1. The van der Waals surface area contributed by atoms with Gasteiger partial charge in [0, 0.05) is 23.3 Å². The first-order valence-electron chi connectivity index (χ1n) is 10.9. The Bertz CT molecular complexity index is 1450. The number of nitrogens with zero attached hydrogens (tertiary/aromatic N) is 1. The Kier molecular flexibility index (Phi) is 5.63. The second-order valence-corrected chi connectivity index (χ2v) is 7.97. The van der Waals surface area contributed by atoms with Gasteiger partial charge >= 0.3 is 0 Å². The number of phenols is 1. The molecule has 0 aliphatic rings. The molecule has 0 saturated heterocycles. The maximum atomic E-state index is 11.8. The van der Waals surface area contributed by atoms with Gasteiger partial charge in [-0.2, -0.15) is 0 Å². The molecule has 5 aromatic rings. The fourth-order valence-corrected chi connectivity index (χ4v) is 4.30. The van der Waals surface area contributed by atoms with Crippen molar-refractivity contribution in [1.82, 2.24) is 0 Å². The van der Waals surface area contributed by atoms with E-state index >= 15 is 0 Å². The van der Waals surface area contributed by atoms with E-state index in [4.69, 9.17) is 0 Å². The molecule has 0 aliphatic heterocycles. The molecule has 0 heterocycles. The van der Waals surface area contributed by atoms with Crippen LogP contribution in [-0.4, -0.2) is 10.0 Å². The van der Waals surface area contributed by atoms with Crippen LogP contribution < -0.4 is 0 Å². The Morgan fingerprint density at radius 1 is 0.529 bits per heavy atom. The van der Waals surface area contributed by atoms with Gasteiger partial charge in [0.1, 0.15) is 5.75 Å². The van der Waals surface area contributed by atoms with Crippen LogP contribution in [0.25, 0.3) is 44.5 Å². The SMILES string of the molecule is O=[N+]([O-])c1ccc(-c2cc(-c3ccccc3)c(-c3ccccc3)c(O)c2-c2ccccc2)cc1. The van der Waals surface area contributed by atoms with Gasteiger partial charge < -0.3 is 5.11 Å². The second kappa shape index (κ2) is 9.04. The summed E-state index contributed by atoms with van der Waals surface area (Å²) in [6.45, 7) is 0. The highest BCUT2D eigenvalue weighted by atomic mass is 16.6. The van der Waals surface area contributed by atoms with Crippen molar-refractivity contribution in [1.29, 1.82) is 0 Å². The van der Waals surface area contributed by atoms with Crippen LogP contribution in [-0.2, 0) is 0 Å². The van der Waals surface area contributed by atoms with Crippen molar-refractivity contribution in [3.05, 3.63) is 131 Å². The Morgan fingerprint density at radius 3 is 1.32 bits per heavy atom. The maximum absolute atomic E-state index is 11.8. The van der Waals surface area contributed by atoms with Crippen LogP contribution >= 0.6 is 0 Å². The summed E-state index contributed by atoms with van der Waals surface area (Å²) in [7, 11) is 0. The van der Waals surface area contributed by atoms with Crippen LogP contribution in [0.3, 0.4) is 0 Å². The van der Waals surface area contributed by atoms with Crippen LogP contribution in [0.15, 0.2) is 121 Å². The number of aromatic hydroxyl groups is 1.